The van der Waals surface area contributed by atoms with Crippen molar-refractivity contribution in [1.29, 1.82) is 0 Å². The average Bonchev–Trinajstić information content (AvgIpc) is 3.56. The molecule has 0 saturated carbocycles. The summed E-state index contributed by atoms with van der Waals surface area (Å²) >= 11 is 1.37. The third-order valence-corrected chi connectivity index (χ3v) is 7.69. The van der Waals surface area contributed by atoms with E-state index < -0.39 is 53.3 Å². The van der Waals surface area contributed by atoms with Crippen LogP contribution in [0.3, 0.4) is 0 Å². The van der Waals surface area contributed by atoms with Crippen molar-refractivity contribution in [2.75, 3.05) is 13.1 Å². The van der Waals surface area contributed by atoms with Crippen LogP contribution >= 0.6 is 11.3 Å². The van der Waals surface area contributed by atoms with Crippen molar-refractivity contribution in [3.63, 3.8) is 0 Å². The molecule has 39 heavy (non-hydrogen) atoms. The Kier molecular flexibility index (Phi) is 7.23. The molecule has 1 saturated heterocycles. The average molecular weight is 571 g/mol. The number of oxime groups is 1. The Morgan fingerprint density at radius 3 is 2.46 bits per heavy atom. The quantitative estimate of drug-likeness (QED) is 0.404. The standard InChI is InChI=1S/C25H20F6N4O3S/c26-15-2-1-3-16(27)22(15)20-9-18(33-38-20)19-12-39-23(32-19)13-4-6-34(7-5-13)21(36)11-35-10-14(25(29,30)31)8-17(28)24(35)37/h1-3,8,10,12-13,20H,4-7,9,11H2. The summed E-state index contributed by atoms with van der Waals surface area (Å²) in [7, 11) is 0. The van der Waals surface area contributed by atoms with Gasteiger partial charge in [0.05, 0.1) is 21.8 Å². The normalized spacial score (nSPS) is 18.3. The number of hydrogen-bond donors (Lipinski definition) is 0. The third kappa shape index (κ3) is 5.56. The van der Waals surface area contributed by atoms with Crippen molar-refractivity contribution in [3.05, 3.63) is 85.5 Å². The van der Waals surface area contributed by atoms with Crippen LogP contribution in [0.4, 0.5) is 26.3 Å². The van der Waals surface area contributed by atoms with Crippen LogP contribution in [-0.4, -0.2) is 39.2 Å². The lowest BCUT2D eigenvalue weighted by molar-refractivity contribution is -0.139. The van der Waals surface area contributed by atoms with Crippen molar-refractivity contribution in [2.45, 2.75) is 44.0 Å². The number of rotatable bonds is 5. The van der Waals surface area contributed by atoms with E-state index in [0.29, 0.717) is 35.0 Å². The lowest BCUT2D eigenvalue weighted by atomic mass is 9.97. The van der Waals surface area contributed by atoms with Crippen LogP contribution < -0.4 is 5.56 Å². The Balaban J connectivity index is 1.19. The highest BCUT2D eigenvalue weighted by Crippen LogP contribution is 2.35. The predicted molar refractivity (Wildman–Crippen MR) is 128 cm³/mol. The lowest BCUT2D eigenvalue weighted by Gasteiger charge is -2.31. The van der Waals surface area contributed by atoms with Gasteiger partial charge in [0, 0.05) is 37.0 Å². The Morgan fingerprint density at radius 1 is 1.10 bits per heavy atom. The minimum absolute atomic E-state index is 0.00995. The summed E-state index contributed by atoms with van der Waals surface area (Å²) in [4.78, 5) is 35.9. The molecule has 0 N–H and O–H groups in total. The highest BCUT2D eigenvalue weighted by Gasteiger charge is 2.34. The molecule has 2 aliphatic rings. The Bertz CT molecular complexity index is 1470. The van der Waals surface area contributed by atoms with Gasteiger partial charge >= 0.3 is 6.18 Å². The fourth-order valence-corrected chi connectivity index (χ4v) is 5.60. The molecular weight excluding hydrogens is 550 g/mol. The topological polar surface area (TPSA) is 76.8 Å². The summed E-state index contributed by atoms with van der Waals surface area (Å²) in [5.41, 5.74) is -1.87. The number of hydrogen-bond acceptors (Lipinski definition) is 6. The molecule has 3 aromatic rings. The molecule has 14 heteroatoms. The van der Waals surface area contributed by atoms with Crippen LogP contribution in [0.15, 0.2) is 45.8 Å². The Hall–Kier alpha value is -3.68. The van der Waals surface area contributed by atoms with Gasteiger partial charge in [0.2, 0.25) is 5.91 Å². The van der Waals surface area contributed by atoms with Gasteiger partial charge in [-0.25, -0.2) is 18.2 Å². The van der Waals surface area contributed by atoms with Gasteiger partial charge in [-0.05, 0) is 31.0 Å². The second-order valence-corrected chi connectivity index (χ2v) is 10.1. The van der Waals surface area contributed by atoms with Crippen molar-refractivity contribution in [3.8, 4) is 0 Å². The number of piperidine rings is 1. The fourth-order valence-electron chi connectivity index (χ4n) is 4.60. The van der Waals surface area contributed by atoms with Gasteiger partial charge in [-0.3, -0.25) is 9.59 Å². The van der Waals surface area contributed by atoms with E-state index >= 15 is 0 Å². The number of nitrogens with zero attached hydrogens (tertiary/aromatic N) is 4. The van der Waals surface area contributed by atoms with Crippen LogP contribution in [0.1, 0.15) is 53.1 Å². The molecule has 1 amide bonds. The molecule has 1 aromatic carbocycles. The van der Waals surface area contributed by atoms with Gasteiger partial charge in [0.25, 0.3) is 5.56 Å². The summed E-state index contributed by atoms with van der Waals surface area (Å²) in [6.07, 6.45) is -4.17. The Morgan fingerprint density at radius 2 is 1.79 bits per heavy atom. The predicted octanol–water partition coefficient (Wildman–Crippen LogP) is 5.01. The first kappa shape index (κ1) is 26.9. The van der Waals surface area contributed by atoms with E-state index in [1.54, 1.807) is 5.38 Å². The van der Waals surface area contributed by atoms with E-state index in [4.69, 9.17) is 4.84 Å². The first-order valence-electron chi connectivity index (χ1n) is 11.9. The second-order valence-electron chi connectivity index (χ2n) is 9.21. The summed E-state index contributed by atoms with van der Waals surface area (Å²) < 4.78 is 81.3. The fraction of sp³-hybridized carbons (Fsp3) is 0.360. The molecule has 2 aliphatic heterocycles. The van der Waals surface area contributed by atoms with Gasteiger partial charge in [-0.2, -0.15) is 13.2 Å². The largest absolute Gasteiger partial charge is 0.417 e. The van der Waals surface area contributed by atoms with Crippen molar-refractivity contribution in [1.82, 2.24) is 14.5 Å². The van der Waals surface area contributed by atoms with Crippen molar-refractivity contribution >= 4 is 23.0 Å². The zero-order valence-electron chi connectivity index (χ0n) is 20.1. The van der Waals surface area contributed by atoms with Crippen molar-refractivity contribution in [2.24, 2.45) is 5.16 Å². The SMILES string of the molecule is O=C(Cn1cc(C(F)(F)F)cc(F)c1=O)N1CCC(c2nc(C3=NOC(c4c(F)cccc4F)C3)cs2)CC1. The van der Waals surface area contributed by atoms with E-state index in [0.717, 1.165) is 17.1 Å². The van der Waals surface area contributed by atoms with Gasteiger partial charge in [0.1, 0.15) is 23.9 Å². The van der Waals surface area contributed by atoms with Crippen LogP contribution in [0.25, 0.3) is 0 Å². The zero-order chi connectivity index (χ0) is 27.9. The number of benzene rings is 1. The molecule has 1 unspecified atom stereocenters. The van der Waals surface area contributed by atoms with Crippen LogP contribution in [-0.2, 0) is 22.4 Å². The van der Waals surface area contributed by atoms with Crippen molar-refractivity contribution < 1.29 is 36.0 Å². The molecule has 206 valence electrons. The van der Waals surface area contributed by atoms with E-state index in [9.17, 15) is 35.9 Å². The van der Waals surface area contributed by atoms with Gasteiger partial charge in [-0.1, -0.05) is 11.2 Å². The molecule has 0 spiro atoms. The molecule has 5 rings (SSSR count). The second kappa shape index (κ2) is 10.5. The number of aromatic nitrogens is 2. The molecule has 0 radical (unpaired) electrons. The highest BCUT2D eigenvalue weighted by molar-refractivity contribution is 7.10. The Labute approximate surface area is 221 Å². The summed E-state index contributed by atoms with van der Waals surface area (Å²) in [6.45, 7) is -0.171. The van der Waals surface area contributed by atoms with E-state index in [-0.39, 0.29) is 37.1 Å². The molecule has 4 heterocycles. The maximum absolute atomic E-state index is 14.1. The minimum Gasteiger partial charge on any atom is -0.387 e. The molecule has 0 aliphatic carbocycles. The molecular formula is C25H20F6N4O3S. The summed E-state index contributed by atoms with van der Waals surface area (Å²) in [5.74, 6) is -3.64. The van der Waals surface area contributed by atoms with Gasteiger partial charge in [-0.15, -0.1) is 11.3 Å². The van der Waals surface area contributed by atoms with Crippen LogP contribution in [0.5, 0.6) is 0 Å². The molecule has 7 nitrogen and oxygen atoms in total. The highest BCUT2D eigenvalue weighted by atomic mass is 32.1. The monoisotopic (exact) mass is 570 g/mol. The van der Waals surface area contributed by atoms with Gasteiger partial charge < -0.3 is 14.3 Å². The maximum atomic E-state index is 14.1. The summed E-state index contributed by atoms with van der Waals surface area (Å²) in [5, 5.41) is 6.51. The number of carbonyl (C=O) groups excluding carboxylic acids is 1. The molecule has 2 aromatic heterocycles. The van der Waals surface area contributed by atoms with E-state index in [1.165, 1.54) is 22.3 Å². The first-order chi connectivity index (χ1) is 18.5. The number of pyridine rings is 1. The maximum Gasteiger partial charge on any atom is 0.417 e. The van der Waals surface area contributed by atoms with E-state index in [1.807, 2.05) is 0 Å². The summed E-state index contributed by atoms with van der Waals surface area (Å²) in [6, 6.07) is 3.67. The first-order valence-corrected chi connectivity index (χ1v) is 12.8. The number of carbonyl (C=O) groups is 1. The molecule has 1 fully saturated rings. The van der Waals surface area contributed by atoms with E-state index in [2.05, 4.69) is 10.1 Å². The van der Waals surface area contributed by atoms with Gasteiger partial charge in [0.15, 0.2) is 11.9 Å². The number of alkyl halides is 3. The number of halogens is 6. The molecule has 1 atom stereocenters. The number of thiazole rings is 1. The zero-order valence-corrected chi connectivity index (χ0v) is 20.9. The lowest BCUT2D eigenvalue weighted by Crippen LogP contribution is -2.41. The number of likely N-dealkylation sites (tertiary alicyclic amines) is 1. The smallest absolute Gasteiger partial charge is 0.387 e. The van der Waals surface area contributed by atoms with Crippen LogP contribution in [0.2, 0.25) is 0 Å². The van der Waals surface area contributed by atoms with Crippen LogP contribution in [0, 0.1) is 17.5 Å². The minimum atomic E-state index is -4.87. The molecule has 0 bridgehead atoms. The third-order valence-electron chi connectivity index (χ3n) is 6.68. The number of amides is 1.